The molecule has 0 aliphatic carbocycles. The molecule has 1 aromatic heterocycles. The number of pyridine rings is 1. The zero-order valence-corrected chi connectivity index (χ0v) is 13.2. The molecule has 1 amide bonds. The number of carboxylic acids is 1. The molecule has 1 aromatic rings. The second-order valence-corrected chi connectivity index (χ2v) is 6.57. The van der Waals surface area contributed by atoms with Crippen molar-refractivity contribution in [1.82, 2.24) is 4.90 Å². The fourth-order valence-corrected chi connectivity index (χ4v) is 3.37. The average Bonchev–Trinajstić information content (AvgIpc) is 2.67. The summed E-state index contributed by atoms with van der Waals surface area (Å²) in [6.45, 7) is 3.43. The molecular weight excluding hydrogens is 308 g/mol. The van der Waals surface area contributed by atoms with Crippen LogP contribution in [-0.4, -0.2) is 27.1 Å². The smallest absolute Gasteiger partial charge is 0.266 e. The maximum Gasteiger partial charge on any atom is 0.266 e. The van der Waals surface area contributed by atoms with Gasteiger partial charge in [0.1, 0.15) is 4.32 Å². The van der Waals surface area contributed by atoms with E-state index in [2.05, 4.69) is 4.98 Å². The molecule has 5 nitrogen and oxygen atoms in total. The normalized spacial score (nSPS) is 18.6. The van der Waals surface area contributed by atoms with Crippen molar-refractivity contribution < 1.29 is 19.7 Å². The Labute approximate surface area is 132 Å². The van der Waals surface area contributed by atoms with Gasteiger partial charge in [0.2, 0.25) is 0 Å². The minimum absolute atomic E-state index is 0.245. The van der Waals surface area contributed by atoms with Crippen LogP contribution < -0.4 is 10.1 Å². The molecule has 2 rings (SSSR count). The Morgan fingerprint density at radius 2 is 2.24 bits per heavy atom. The number of thiocarbonyl (C=S) groups is 1. The molecule has 1 N–H and O–H groups in total. The first-order valence-electron chi connectivity index (χ1n) is 6.36. The van der Waals surface area contributed by atoms with Gasteiger partial charge in [-0.05, 0) is 18.1 Å². The third-order valence-electron chi connectivity index (χ3n) is 3.00. The molecule has 1 fully saturated rings. The number of hydrogen-bond donors (Lipinski definition) is 0. The number of carbonyl (C=O) groups excluding carboxylic acids is 2. The summed E-state index contributed by atoms with van der Waals surface area (Å²) in [6, 6.07) is 2.59. The van der Waals surface area contributed by atoms with E-state index >= 15 is 0 Å². The van der Waals surface area contributed by atoms with Crippen LogP contribution >= 0.6 is 24.0 Å². The number of hydrogen-bond acceptors (Lipinski definition) is 5. The number of aliphatic carboxylic acids is 1. The molecule has 7 heteroatoms. The van der Waals surface area contributed by atoms with Crippen LogP contribution in [0, 0.1) is 5.92 Å². The third kappa shape index (κ3) is 3.30. The summed E-state index contributed by atoms with van der Waals surface area (Å²) in [6.07, 6.45) is 5.18. The van der Waals surface area contributed by atoms with Crippen LogP contribution in [-0.2, 0) is 9.59 Å². The Kier molecular flexibility index (Phi) is 4.74. The molecule has 0 radical (unpaired) electrons. The van der Waals surface area contributed by atoms with Crippen molar-refractivity contribution in [3.8, 4) is 0 Å². The van der Waals surface area contributed by atoms with Gasteiger partial charge in [-0.2, -0.15) is 0 Å². The molecule has 1 aliphatic rings. The van der Waals surface area contributed by atoms with E-state index in [0.29, 0.717) is 4.91 Å². The fourth-order valence-electron chi connectivity index (χ4n) is 2.04. The van der Waals surface area contributed by atoms with Crippen LogP contribution in [0.25, 0.3) is 6.08 Å². The van der Waals surface area contributed by atoms with Gasteiger partial charge >= 0.3 is 0 Å². The van der Waals surface area contributed by atoms with Crippen molar-refractivity contribution in [2.75, 3.05) is 0 Å². The number of aromatic amines is 1. The van der Waals surface area contributed by atoms with E-state index in [-0.39, 0.29) is 10.2 Å². The van der Waals surface area contributed by atoms with E-state index in [4.69, 9.17) is 12.2 Å². The topological polar surface area (TPSA) is 74.6 Å². The first-order chi connectivity index (χ1) is 9.91. The summed E-state index contributed by atoms with van der Waals surface area (Å²) in [5, 5.41) is 11.3. The van der Waals surface area contributed by atoms with Gasteiger partial charge in [-0.15, -0.1) is 0 Å². The number of nitrogens with one attached hydrogen (secondary N) is 1. The Morgan fingerprint density at radius 1 is 1.52 bits per heavy atom. The summed E-state index contributed by atoms with van der Waals surface area (Å²) >= 11 is 6.26. The Hall–Kier alpha value is -1.73. The quantitative estimate of drug-likeness (QED) is 0.595. The van der Waals surface area contributed by atoms with Crippen molar-refractivity contribution >= 4 is 46.3 Å². The molecule has 110 valence electrons. The standard InChI is InChI=1S/C14H14N2O3S2/c1-8(2)11(13(18)19)16-12(17)10(21-14(16)20)6-9-4-3-5-15-7-9/h3-8,11H,1-2H3,(H,18,19)/b10-6-. The van der Waals surface area contributed by atoms with E-state index < -0.39 is 17.9 Å². The van der Waals surface area contributed by atoms with Crippen molar-refractivity contribution in [3.05, 3.63) is 35.0 Å². The maximum atomic E-state index is 12.4. The van der Waals surface area contributed by atoms with Crippen molar-refractivity contribution in [1.29, 1.82) is 0 Å². The SMILES string of the molecule is CC(C)C(C(=O)[O-])N1C(=O)/C(=C/c2ccc[nH+]c2)SC1=S. The monoisotopic (exact) mass is 322 g/mol. The lowest BCUT2D eigenvalue weighted by Gasteiger charge is -2.30. The van der Waals surface area contributed by atoms with Crippen LogP contribution in [0.15, 0.2) is 29.4 Å². The van der Waals surface area contributed by atoms with E-state index in [1.54, 1.807) is 32.3 Å². The number of aromatic nitrogens is 1. The van der Waals surface area contributed by atoms with Crippen LogP contribution in [0.5, 0.6) is 0 Å². The lowest BCUT2D eigenvalue weighted by Crippen LogP contribution is -2.52. The van der Waals surface area contributed by atoms with Crippen molar-refractivity contribution in [3.63, 3.8) is 0 Å². The average molecular weight is 322 g/mol. The Bertz CT molecular complexity index is 614. The predicted octanol–water partition coefficient (Wildman–Crippen LogP) is 0.476. The van der Waals surface area contributed by atoms with Gasteiger partial charge in [0.05, 0.1) is 16.9 Å². The first kappa shape index (κ1) is 15.7. The Balaban J connectivity index is 2.32. The number of carbonyl (C=O) groups is 2. The van der Waals surface area contributed by atoms with Gasteiger partial charge in [-0.25, -0.2) is 4.98 Å². The predicted molar refractivity (Wildman–Crippen MR) is 81.6 cm³/mol. The van der Waals surface area contributed by atoms with Crippen LogP contribution in [0.1, 0.15) is 19.4 Å². The molecule has 21 heavy (non-hydrogen) atoms. The zero-order chi connectivity index (χ0) is 15.6. The number of nitrogens with zero attached hydrogens (tertiary/aromatic N) is 1. The number of amides is 1. The fraction of sp³-hybridized carbons (Fsp3) is 0.286. The molecular formula is C14H14N2O3S2. The number of thioether (sulfide) groups is 1. The van der Waals surface area contributed by atoms with Gasteiger partial charge in [0.25, 0.3) is 5.91 Å². The van der Waals surface area contributed by atoms with E-state index in [9.17, 15) is 14.7 Å². The molecule has 1 saturated heterocycles. The van der Waals surface area contributed by atoms with Crippen LogP contribution in [0.3, 0.4) is 0 Å². The summed E-state index contributed by atoms with van der Waals surface area (Å²) in [4.78, 5) is 28.2. The van der Waals surface area contributed by atoms with Gasteiger partial charge < -0.3 is 9.90 Å². The van der Waals surface area contributed by atoms with E-state index in [1.807, 2.05) is 12.1 Å². The highest BCUT2D eigenvalue weighted by Crippen LogP contribution is 2.35. The lowest BCUT2D eigenvalue weighted by atomic mass is 10.0. The maximum absolute atomic E-state index is 12.4. The highest BCUT2D eigenvalue weighted by Gasteiger charge is 2.39. The summed E-state index contributed by atoms with van der Waals surface area (Å²) < 4.78 is 0.245. The van der Waals surface area contributed by atoms with Gasteiger partial charge in [0, 0.05) is 11.6 Å². The highest BCUT2D eigenvalue weighted by molar-refractivity contribution is 8.26. The second-order valence-electron chi connectivity index (χ2n) is 4.90. The lowest BCUT2D eigenvalue weighted by molar-refractivity contribution is -0.378. The molecule has 1 unspecified atom stereocenters. The summed E-state index contributed by atoms with van der Waals surface area (Å²) in [5.41, 5.74) is 0.813. The van der Waals surface area contributed by atoms with Gasteiger partial charge in [-0.3, -0.25) is 9.69 Å². The summed E-state index contributed by atoms with van der Waals surface area (Å²) in [7, 11) is 0. The largest absolute Gasteiger partial charge is 0.548 e. The van der Waals surface area contributed by atoms with E-state index in [1.165, 1.54) is 0 Å². The zero-order valence-electron chi connectivity index (χ0n) is 11.5. The minimum Gasteiger partial charge on any atom is -0.548 e. The van der Waals surface area contributed by atoms with E-state index in [0.717, 1.165) is 22.2 Å². The first-order valence-corrected chi connectivity index (χ1v) is 7.58. The Morgan fingerprint density at radius 3 is 2.76 bits per heavy atom. The van der Waals surface area contributed by atoms with Crippen molar-refractivity contribution in [2.24, 2.45) is 5.92 Å². The highest BCUT2D eigenvalue weighted by atomic mass is 32.2. The van der Waals surface area contributed by atoms with Crippen molar-refractivity contribution in [2.45, 2.75) is 19.9 Å². The third-order valence-corrected chi connectivity index (χ3v) is 4.33. The minimum atomic E-state index is -1.30. The molecule has 2 heterocycles. The molecule has 1 aliphatic heterocycles. The molecule has 0 spiro atoms. The molecule has 0 saturated carbocycles. The molecule has 0 bridgehead atoms. The second kappa shape index (κ2) is 6.36. The van der Waals surface area contributed by atoms with Crippen LogP contribution in [0.4, 0.5) is 0 Å². The number of rotatable bonds is 4. The summed E-state index contributed by atoms with van der Waals surface area (Å²) in [5.74, 6) is -1.98. The number of H-pyrrole nitrogens is 1. The van der Waals surface area contributed by atoms with Gasteiger partial charge in [-0.1, -0.05) is 37.8 Å². The molecule has 1 atom stereocenters. The number of carboxylic acid groups (broad SMARTS) is 1. The van der Waals surface area contributed by atoms with Gasteiger partial charge in [0.15, 0.2) is 12.4 Å². The van der Waals surface area contributed by atoms with Crippen LogP contribution in [0.2, 0.25) is 0 Å². The molecule has 0 aromatic carbocycles.